The number of hydrogen-bond acceptors (Lipinski definition) is 6. The van der Waals surface area contributed by atoms with Crippen LogP contribution >= 0.6 is 23.5 Å². The Kier molecular flexibility index (Phi) is 7.99. The average Bonchev–Trinajstić information content (AvgIpc) is 3.96. The fraction of sp³-hybridized carbons (Fsp3) is 0.314. The Morgan fingerprint density at radius 3 is 1.37 bits per heavy atom. The van der Waals surface area contributed by atoms with Crippen LogP contribution in [0.25, 0.3) is 11.1 Å². The molecule has 3 aliphatic rings. The molecule has 0 aromatic heterocycles. The molecule has 4 aromatic rings. The second-order valence-corrected chi connectivity index (χ2v) is 13.3. The molecule has 1 aliphatic carbocycles. The van der Waals surface area contributed by atoms with Crippen LogP contribution in [-0.2, 0) is 14.9 Å². The molecule has 2 aliphatic heterocycles. The molecule has 210 valence electrons. The van der Waals surface area contributed by atoms with E-state index in [9.17, 15) is 0 Å². The molecule has 4 nitrogen and oxygen atoms in total. The summed E-state index contributed by atoms with van der Waals surface area (Å²) in [6.45, 7) is 3.99. The molecule has 4 aromatic carbocycles. The van der Waals surface area contributed by atoms with Gasteiger partial charge in [0, 0.05) is 22.0 Å². The Hall–Kier alpha value is -2.90. The minimum atomic E-state index is -0.444. The SMILES string of the molecule is c1ccc2c(c1)-c1ccccc1C2(c1ccc(OCCOCC2CS2)cc1)c1ccc(OCCOCC2CS2)cc1. The number of hydrogen-bond donors (Lipinski definition) is 0. The van der Waals surface area contributed by atoms with Crippen molar-refractivity contribution in [3.63, 3.8) is 0 Å². The van der Waals surface area contributed by atoms with E-state index in [0.717, 1.165) is 24.7 Å². The van der Waals surface area contributed by atoms with Gasteiger partial charge in [0.2, 0.25) is 0 Å². The van der Waals surface area contributed by atoms with Crippen LogP contribution in [0.1, 0.15) is 22.3 Å². The van der Waals surface area contributed by atoms with Crippen LogP contribution < -0.4 is 9.47 Å². The molecule has 7 rings (SSSR count). The first-order valence-corrected chi connectivity index (χ1v) is 16.5. The van der Waals surface area contributed by atoms with Crippen LogP contribution in [0.5, 0.6) is 11.5 Å². The topological polar surface area (TPSA) is 36.9 Å². The molecular weight excluding hydrogens is 549 g/mol. The molecule has 2 heterocycles. The summed E-state index contributed by atoms with van der Waals surface area (Å²) < 4.78 is 23.5. The van der Waals surface area contributed by atoms with E-state index in [-0.39, 0.29) is 0 Å². The standard InChI is InChI=1S/C35H34O4S2/c1-3-7-33-31(5-1)32-6-2-4-8-34(32)35(33,25-9-13-27(14-10-25)38-19-17-36-21-29-23-40-29)26-11-15-28(16-12-26)39-20-18-37-22-30-24-41-30/h1-16,29-30H,17-24H2. The summed E-state index contributed by atoms with van der Waals surface area (Å²) in [6, 6.07) is 34.8. The predicted octanol–water partition coefficient (Wildman–Crippen LogP) is 7.07. The Bertz CT molecular complexity index is 1350. The maximum absolute atomic E-state index is 6.03. The van der Waals surface area contributed by atoms with Gasteiger partial charge in [0.15, 0.2) is 0 Å². The first-order chi connectivity index (χ1) is 20.3. The first-order valence-electron chi connectivity index (χ1n) is 14.4. The molecule has 0 amide bonds. The molecule has 2 atom stereocenters. The molecule has 0 radical (unpaired) electrons. The third kappa shape index (κ3) is 5.76. The van der Waals surface area contributed by atoms with Crippen molar-refractivity contribution >= 4 is 23.5 Å². The van der Waals surface area contributed by atoms with Gasteiger partial charge in [-0.25, -0.2) is 0 Å². The van der Waals surface area contributed by atoms with Crippen LogP contribution in [0, 0.1) is 0 Å². The number of fused-ring (bicyclic) bond motifs is 3. The van der Waals surface area contributed by atoms with Crippen LogP contribution in [0.15, 0.2) is 97.1 Å². The predicted molar refractivity (Wildman–Crippen MR) is 169 cm³/mol. The zero-order valence-corrected chi connectivity index (χ0v) is 24.6. The van der Waals surface area contributed by atoms with Crippen molar-refractivity contribution in [1.29, 1.82) is 0 Å². The van der Waals surface area contributed by atoms with Gasteiger partial charge in [-0.3, -0.25) is 0 Å². The smallest absolute Gasteiger partial charge is 0.119 e. The van der Waals surface area contributed by atoms with Crippen LogP contribution in [0.3, 0.4) is 0 Å². The maximum Gasteiger partial charge on any atom is 0.119 e. The quantitative estimate of drug-likeness (QED) is 0.103. The Morgan fingerprint density at radius 2 is 0.951 bits per heavy atom. The summed E-state index contributed by atoms with van der Waals surface area (Å²) in [5.74, 6) is 4.17. The van der Waals surface area contributed by atoms with Crippen molar-refractivity contribution in [2.75, 3.05) is 51.1 Å². The fourth-order valence-corrected chi connectivity index (χ4v) is 6.67. The van der Waals surface area contributed by atoms with Gasteiger partial charge < -0.3 is 18.9 Å². The summed E-state index contributed by atoms with van der Waals surface area (Å²) >= 11 is 3.91. The molecule has 0 bridgehead atoms. The maximum atomic E-state index is 6.03. The third-order valence-electron chi connectivity index (χ3n) is 7.93. The van der Waals surface area contributed by atoms with Crippen molar-refractivity contribution in [3.8, 4) is 22.6 Å². The van der Waals surface area contributed by atoms with Gasteiger partial charge >= 0.3 is 0 Å². The lowest BCUT2D eigenvalue weighted by Crippen LogP contribution is -2.28. The van der Waals surface area contributed by atoms with Gasteiger partial charge in [0.1, 0.15) is 24.7 Å². The largest absolute Gasteiger partial charge is 0.491 e. The summed E-state index contributed by atoms with van der Waals surface area (Å²) in [6.07, 6.45) is 0. The monoisotopic (exact) mass is 582 g/mol. The lowest BCUT2D eigenvalue weighted by Gasteiger charge is -2.34. The van der Waals surface area contributed by atoms with Crippen molar-refractivity contribution < 1.29 is 18.9 Å². The van der Waals surface area contributed by atoms with Crippen molar-refractivity contribution in [3.05, 3.63) is 119 Å². The molecule has 6 heteroatoms. The summed E-state index contributed by atoms with van der Waals surface area (Å²) in [7, 11) is 0. The number of ether oxygens (including phenoxy) is 4. The van der Waals surface area contributed by atoms with Crippen LogP contribution in [0.2, 0.25) is 0 Å². The fourth-order valence-electron chi connectivity index (χ4n) is 5.82. The van der Waals surface area contributed by atoms with E-state index in [1.807, 2.05) is 23.5 Å². The van der Waals surface area contributed by atoms with E-state index in [4.69, 9.17) is 18.9 Å². The zero-order chi connectivity index (χ0) is 27.5. The van der Waals surface area contributed by atoms with E-state index in [1.54, 1.807) is 0 Å². The van der Waals surface area contributed by atoms with E-state index in [2.05, 4.69) is 97.1 Å². The minimum Gasteiger partial charge on any atom is -0.491 e. The molecule has 2 fully saturated rings. The highest BCUT2D eigenvalue weighted by molar-refractivity contribution is 8.07. The van der Waals surface area contributed by atoms with Gasteiger partial charge in [-0.1, -0.05) is 72.8 Å². The third-order valence-corrected chi connectivity index (χ3v) is 9.81. The van der Waals surface area contributed by atoms with Gasteiger partial charge in [-0.2, -0.15) is 23.5 Å². The summed E-state index contributed by atoms with van der Waals surface area (Å²) in [4.78, 5) is 0. The highest BCUT2D eigenvalue weighted by atomic mass is 32.2. The lowest BCUT2D eigenvalue weighted by atomic mass is 9.68. The van der Waals surface area contributed by atoms with Crippen LogP contribution in [-0.4, -0.2) is 61.6 Å². The molecule has 0 spiro atoms. The minimum absolute atomic E-state index is 0.444. The lowest BCUT2D eigenvalue weighted by molar-refractivity contribution is 0.106. The number of benzene rings is 4. The van der Waals surface area contributed by atoms with Gasteiger partial charge in [-0.15, -0.1) is 0 Å². The van der Waals surface area contributed by atoms with E-state index >= 15 is 0 Å². The second-order valence-electron chi connectivity index (χ2n) is 10.6. The van der Waals surface area contributed by atoms with Crippen molar-refractivity contribution in [2.24, 2.45) is 0 Å². The first kappa shape index (κ1) is 27.0. The van der Waals surface area contributed by atoms with Gasteiger partial charge in [0.25, 0.3) is 0 Å². The van der Waals surface area contributed by atoms with Crippen LogP contribution in [0.4, 0.5) is 0 Å². The van der Waals surface area contributed by atoms with E-state index < -0.39 is 5.41 Å². The Morgan fingerprint density at radius 1 is 0.537 bits per heavy atom. The molecule has 0 saturated carbocycles. The summed E-state index contributed by atoms with van der Waals surface area (Å²) in [5.41, 5.74) is 7.12. The molecule has 2 saturated heterocycles. The van der Waals surface area contributed by atoms with Crippen molar-refractivity contribution in [2.45, 2.75) is 15.9 Å². The molecule has 41 heavy (non-hydrogen) atoms. The number of thioether (sulfide) groups is 2. The summed E-state index contributed by atoms with van der Waals surface area (Å²) in [5, 5.41) is 1.38. The second kappa shape index (κ2) is 12.1. The Balaban J connectivity index is 1.16. The highest BCUT2D eigenvalue weighted by Gasteiger charge is 2.45. The normalized spacial score (nSPS) is 19.3. The van der Waals surface area contributed by atoms with E-state index in [0.29, 0.717) is 36.9 Å². The highest BCUT2D eigenvalue weighted by Crippen LogP contribution is 2.56. The zero-order valence-electron chi connectivity index (χ0n) is 23.0. The Labute approximate surface area is 250 Å². The van der Waals surface area contributed by atoms with Gasteiger partial charge in [0.05, 0.1) is 31.8 Å². The molecular formula is C35H34O4S2. The van der Waals surface area contributed by atoms with Gasteiger partial charge in [-0.05, 0) is 57.6 Å². The number of rotatable bonds is 14. The molecule has 0 N–H and O–H groups in total. The van der Waals surface area contributed by atoms with E-state index in [1.165, 1.54) is 44.9 Å². The van der Waals surface area contributed by atoms with Crippen molar-refractivity contribution in [1.82, 2.24) is 0 Å². The average molecular weight is 583 g/mol. The molecule has 2 unspecified atom stereocenters.